The summed E-state index contributed by atoms with van der Waals surface area (Å²) < 4.78 is 49.0. The van der Waals surface area contributed by atoms with Gasteiger partial charge in [0.1, 0.15) is 11.4 Å². The van der Waals surface area contributed by atoms with Gasteiger partial charge in [-0.3, -0.25) is 14.7 Å². The third kappa shape index (κ3) is 5.78. The van der Waals surface area contributed by atoms with E-state index in [2.05, 4.69) is 15.3 Å². The molecule has 2 aromatic heterocycles. The van der Waals surface area contributed by atoms with Gasteiger partial charge in [0.25, 0.3) is 0 Å². The number of Topliss-reactive ketones (excluding diaryl/α,β-unsaturated/α-hetero) is 1. The van der Waals surface area contributed by atoms with Crippen LogP contribution in [0.25, 0.3) is 11.3 Å². The Labute approximate surface area is 205 Å². The van der Waals surface area contributed by atoms with Crippen molar-refractivity contribution in [1.29, 1.82) is 0 Å². The van der Waals surface area contributed by atoms with Gasteiger partial charge in [-0.25, -0.2) is 4.79 Å². The van der Waals surface area contributed by atoms with Crippen molar-refractivity contribution in [2.45, 2.75) is 39.1 Å². The van der Waals surface area contributed by atoms with Crippen LogP contribution in [0.15, 0.2) is 48.8 Å². The molecule has 0 atom stereocenters. The van der Waals surface area contributed by atoms with Crippen molar-refractivity contribution < 1.29 is 32.2 Å². The third-order valence-electron chi connectivity index (χ3n) is 5.18. The molecule has 3 heterocycles. The summed E-state index contributed by atoms with van der Waals surface area (Å²) in [4.78, 5) is 34.2. The Morgan fingerprint density at radius 1 is 1.14 bits per heavy atom. The van der Waals surface area contributed by atoms with Crippen molar-refractivity contribution in [2.75, 3.05) is 18.5 Å². The first-order valence-corrected chi connectivity index (χ1v) is 11.1. The number of anilines is 2. The molecule has 0 unspecified atom stereocenters. The van der Waals surface area contributed by atoms with Crippen LogP contribution in [0, 0.1) is 0 Å². The normalized spacial score (nSPS) is 13.8. The number of aromatic amines is 1. The lowest BCUT2D eigenvalue weighted by Gasteiger charge is -2.29. The second-order valence-corrected chi connectivity index (χ2v) is 9.25. The molecule has 3 aromatic rings. The van der Waals surface area contributed by atoms with E-state index in [1.807, 2.05) is 6.07 Å². The molecular weight excluding hydrogens is 477 g/mol. The molecular formula is C25H25F3N4O4. The zero-order chi connectivity index (χ0) is 26.1. The van der Waals surface area contributed by atoms with E-state index < -0.39 is 24.5 Å². The molecule has 4 rings (SSSR count). The highest BCUT2D eigenvalue weighted by molar-refractivity contribution is 6.09. The van der Waals surface area contributed by atoms with E-state index in [9.17, 15) is 22.8 Å². The molecule has 0 bridgehead atoms. The maximum absolute atomic E-state index is 13.3. The topological polar surface area (TPSA) is 96.5 Å². The zero-order valence-corrected chi connectivity index (χ0v) is 19.9. The minimum Gasteiger partial charge on any atom is -0.482 e. The molecule has 0 fully saturated rings. The SMILES string of the molecule is CC(C)(C)OC(=O)N1CC(=O)c2c([nH]c(-c3ccncc3OCC(F)(F)F)c2Nc2ccccc2)C1. The summed E-state index contributed by atoms with van der Waals surface area (Å²) in [7, 11) is 0. The predicted octanol–water partition coefficient (Wildman–Crippen LogP) is 5.69. The van der Waals surface area contributed by atoms with E-state index in [1.54, 1.807) is 45.0 Å². The molecule has 1 amide bonds. The maximum atomic E-state index is 13.3. The molecule has 0 spiro atoms. The largest absolute Gasteiger partial charge is 0.482 e. The number of amides is 1. The Hall–Kier alpha value is -4.02. The Morgan fingerprint density at radius 2 is 1.86 bits per heavy atom. The standard InChI is InChI=1S/C25H25F3N4O4/c1-24(2,3)36-23(34)32-12-17-20(18(33)13-32)22(30-15-7-5-4-6-8-15)21(31-17)16-9-10-29-11-19(16)35-14-25(26,27)28/h4-11,30-31H,12-14H2,1-3H3. The second-order valence-electron chi connectivity index (χ2n) is 9.25. The van der Waals surface area contributed by atoms with E-state index >= 15 is 0 Å². The van der Waals surface area contributed by atoms with Crippen LogP contribution >= 0.6 is 0 Å². The van der Waals surface area contributed by atoms with Crippen molar-refractivity contribution in [3.8, 4) is 17.0 Å². The second kappa shape index (κ2) is 9.56. The quantitative estimate of drug-likeness (QED) is 0.465. The van der Waals surface area contributed by atoms with E-state index in [0.29, 0.717) is 28.3 Å². The van der Waals surface area contributed by atoms with Crippen LogP contribution in [-0.4, -0.2) is 51.7 Å². The number of ketones is 1. The highest BCUT2D eigenvalue weighted by Crippen LogP contribution is 2.41. The molecule has 0 aliphatic carbocycles. The van der Waals surface area contributed by atoms with Crippen molar-refractivity contribution in [3.63, 3.8) is 0 Å². The van der Waals surface area contributed by atoms with Gasteiger partial charge in [0.15, 0.2) is 12.4 Å². The average Bonchev–Trinajstić information content (AvgIpc) is 3.15. The van der Waals surface area contributed by atoms with Crippen LogP contribution in [-0.2, 0) is 11.3 Å². The molecule has 1 aromatic carbocycles. The number of hydrogen-bond acceptors (Lipinski definition) is 6. The van der Waals surface area contributed by atoms with Crippen LogP contribution in [0.3, 0.4) is 0 Å². The highest BCUT2D eigenvalue weighted by atomic mass is 19.4. The number of pyridine rings is 1. The fourth-order valence-corrected chi connectivity index (χ4v) is 3.79. The number of fused-ring (bicyclic) bond motifs is 1. The number of nitrogens with one attached hydrogen (secondary N) is 2. The van der Waals surface area contributed by atoms with Crippen molar-refractivity contribution in [3.05, 3.63) is 60.0 Å². The van der Waals surface area contributed by atoms with Gasteiger partial charge in [-0.1, -0.05) is 18.2 Å². The molecule has 8 nitrogen and oxygen atoms in total. The molecule has 0 radical (unpaired) electrons. The van der Waals surface area contributed by atoms with Gasteiger partial charge >= 0.3 is 12.3 Å². The van der Waals surface area contributed by atoms with Crippen molar-refractivity contribution in [1.82, 2.24) is 14.9 Å². The van der Waals surface area contributed by atoms with Crippen LogP contribution in [0.5, 0.6) is 5.75 Å². The molecule has 0 saturated carbocycles. The Kier molecular flexibility index (Phi) is 6.66. The number of carbonyl (C=O) groups is 2. The number of ether oxygens (including phenoxy) is 2. The smallest absolute Gasteiger partial charge is 0.422 e. The van der Waals surface area contributed by atoms with Crippen LogP contribution in [0.1, 0.15) is 36.8 Å². The Morgan fingerprint density at radius 3 is 2.53 bits per heavy atom. The molecule has 1 aliphatic heterocycles. The number of hydrogen-bond donors (Lipinski definition) is 2. The molecule has 0 saturated heterocycles. The monoisotopic (exact) mass is 502 g/mol. The van der Waals surface area contributed by atoms with Crippen LogP contribution in [0.4, 0.5) is 29.3 Å². The first-order valence-electron chi connectivity index (χ1n) is 11.1. The molecule has 1 aliphatic rings. The minimum atomic E-state index is -4.54. The molecule has 11 heteroatoms. The summed E-state index contributed by atoms with van der Waals surface area (Å²) in [6.07, 6.45) is -2.59. The number of aromatic nitrogens is 2. The summed E-state index contributed by atoms with van der Waals surface area (Å²) in [6.45, 7) is 3.51. The number of rotatable bonds is 5. The third-order valence-corrected chi connectivity index (χ3v) is 5.18. The van der Waals surface area contributed by atoms with Gasteiger partial charge in [-0.15, -0.1) is 0 Å². The minimum absolute atomic E-state index is 0.0449. The highest BCUT2D eigenvalue weighted by Gasteiger charge is 2.35. The summed E-state index contributed by atoms with van der Waals surface area (Å²) in [5.41, 5.74) is 1.63. The van der Waals surface area contributed by atoms with E-state index in [1.165, 1.54) is 23.4 Å². The lowest BCUT2D eigenvalue weighted by molar-refractivity contribution is -0.153. The van der Waals surface area contributed by atoms with Gasteiger partial charge in [-0.2, -0.15) is 13.2 Å². The summed E-state index contributed by atoms with van der Waals surface area (Å²) in [5, 5.41) is 3.21. The molecule has 190 valence electrons. The molecule has 2 N–H and O–H groups in total. The lowest BCUT2D eigenvalue weighted by atomic mass is 10.0. The predicted molar refractivity (Wildman–Crippen MR) is 126 cm³/mol. The van der Waals surface area contributed by atoms with Gasteiger partial charge in [0.05, 0.1) is 36.2 Å². The van der Waals surface area contributed by atoms with Crippen molar-refractivity contribution in [2.24, 2.45) is 0 Å². The van der Waals surface area contributed by atoms with Crippen LogP contribution < -0.4 is 10.1 Å². The lowest BCUT2D eigenvalue weighted by Crippen LogP contribution is -2.42. The number of carbonyl (C=O) groups excluding carboxylic acids is 2. The summed E-state index contributed by atoms with van der Waals surface area (Å²) in [6, 6.07) is 10.5. The fourth-order valence-electron chi connectivity index (χ4n) is 3.79. The summed E-state index contributed by atoms with van der Waals surface area (Å²) >= 11 is 0. The van der Waals surface area contributed by atoms with E-state index in [0.717, 1.165) is 0 Å². The number of para-hydroxylation sites is 1. The number of nitrogens with zero attached hydrogens (tertiary/aromatic N) is 2. The van der Waals surface area contributed by atoms with Gasteiger partial charge in [0, 0.05) is 23.1 Å². The van der Waals surface area contributed by atoms with Gasteiger partial charge in [-0.05, 0) is 39.0 Å². The molecule has 36 heavy (non-hydrogen) atoms. The first kappa shape index (κ1) is 25.1. The maximum Gasteiger partial charge on any atom is 0.422 e. The zero-order valence-electron chi connectivity index (χ0n) is 19.9. The van der Waals surface area contributed by atoms with Crippen LogP contribution in [0.2, 0.25) is 0 Å². The van der Waals surface area contributed by atoms with E-state index in [4.69, 9.17) is 9.47 Å². The first-order chi connectivity index (χ1) is 16.9. The average molecular weight is 502 g/mol. The van der Waals surface area contributed by atoms with Crippen molar-refractivity contribution >= 4 is 23.3 Å². The number of benzene rings is 1. The van der Waals surface area contributed by atoms with Gasteiger partial charge < -0.3 is 19.8 Å². The number of halogens is 3. The Bertz CT molecular complexity index is 1270. The fraction of sp³-hybridized carbons (Fsp3) is 0.320. The van der Waals surface area contributed by atoms with E-state index in [-0.39, 0.29) is 30.2 Å². The number of H-pyrrole nitrogens is 1. The summed E-state index contributed by atoms with van der Waals surface area (Å²) in [5.74, 6) is -0.462. The Balaban J connectivity index is 1.78. The van der Waals surface area contributed by atoms with Gasteiger partial charge in [0.2, 0.25) is 0 Å². The number of alkyl halides is 3.